The summed E-state index contributed by atoms with van der Waals surface area (Å²) < 4.78 is 16.6. The Balaban J connectivity index is 1.78. The zero-order chi connectivity index (χ0) is 19.3. The van der Waals surface area contributed by atoms with Crippen LogP contribution in [0.3, 0.4) is 0 Å². The summed E-state index contributed by atoms with van der Waals surface area (Å²) in [6.07, 6.45) is 3.38. The molecule has 1 aromatic carbocycles. The summed E-state index contributed by atoms with van der Waals surface area (Å²) in [5.74, 6) is 0.957. The minimum absolute atomic E-state index is 0.350. The van der Waals surface area contributed by atoms with Crippen LogP contribution < -0.4 is 5.32 Å². The van der Waals surface area contributed by atoms with Crippen LogP contribution in [-0.4, -0.2) is 64.0 Å². The average molecular weight is 378 g/mol. The van der Waals surface area contributed by atoms with E-state index in [2.05, 4.69) is 39.5 Å². The number of hydrogen-bond acceptors (Lipinski definition) is 4. The second-order valence-corrected chi connectivity index (χ2v) is 6.71. The van der Waals surface area contributed by atoms with Gasteiger partial charge in [-0.1, -0.05) is 24.3 Å². The molecule has 27 heavy (non-hydrogen) atoms. The number of rotatable bonds is 10. The predicted octanol–water partition coefficient (Wildman–Crippen LogP) is 2.82. The first kappa shape index (κ1) is 21.7. The minimum Gasteiger partial charge on any atom is -0.385 e. The minimum atomic E-state index is 0.350. The van der Waals surface area contributed by atoms with Crippen molar-refractivity contribution in [1.82, 2.24) is 10.2 Å². The van der Waals surface area contributed by atoms with E-state index in [4.69, 9.17) is 14.2 Å². The first-order chi connectivity index (χ1) is 13.3. The molecule has 0 radical (unpaired) electrons. The molecule has 6 nitrogen and oxygen atoms in total. The molecular formula is C21H35N3O3. The van der Waals surface area contributed by atoms with E-state index < -0.39 is 0 Å². The Hall–Kier alpha value is -1.63. The maximum atomic E-state index is 5.95. The van der Waals surface area contributed by atoms with Crippen LogP contribution in [0.1, 0.15) is 37.3 Å². The molecule has 0 spiro atoms. The summed E-state index contributed by atoms with van der Waals surface area (Å²) in [7, 11) is 3.58. The normalized spacial score (nSPS) is 16.0. The van der Waals surface area contributed by atoms with Gasteiger partial charge in [0, 0.05) is 53.6 Å². The third-order valence-corrected chi connectivity index (χ3v) is 4.82. The van der Waals surface area contributed by atoms with Crippen molar-refractivity contribution < 1.29 is 14.2 Å². The second-order valence-electron chi connectivity index (χ2n) is 6.71. The van der Waals surface area contributed by atoms with Gasteiger partial charge < -0.3 is 24.4 Å². The Kier molecular flexibility index (Phi) is 10.2. The molecule has 1 fully saturated rings. The fourth-order valence-electron chi connectivity index (χ4n) is 3.28. The molecule has 2 rings (SSSR count). The Morgan fingerprint density at radius 1 is 1.19 bits per heavy atom. The molecule has 0 amide bonds. The van der Waals surface area contributed by atoms with Gasteiger partial charge in [0.15, 0.2) is 5.96 Å². The fraction of sp³-hybridized carbons (Fsp3) is 0.667. The van der Waals surface area contributed by atoms with Crippen LogP contribution in [-0.2, 0) is 27.4 Å². The van der Waals surface area contributed by atoms with E-state index in [1.54, 1.807) is 7.11 Å². The van der Waals surface area contributed by atoms with E-state index in [-0.39, 0.29) is 0 Å². The Bertz CT molecular complexity index is 557. The third kappa shape index (κ3) is 7.48. The average Bonchev–Trinajstić information content (AvgIpc) is 2.72. The number of nitrogens with one attached hydrogen (secondary N) is 1. The molecule has 0 aliphatic carbocycles. The van der Waals surface area contributed by atoms with Gasteiger partial charge >= 0.3 is 0 Å². The highest BCUT2D eigenvalue weighted by molar-refractivity contribution is 5.80. The van der Waals surface area contributed by atoms with Crippen LogP contribution in [0, 0.1) is 0 Å². The van der Waals surface area contributed by atoms with Crippen LogP contribution in [0.25, 0.3) is 0 Å². The Morgan fingerprint density at radius 3 is 2.59 bits per heavy atom. The van der Waals surface area contributed by atoms with Crippen LogP contribution in [0.5, 0.6) is 0 Å². The summed E-state index contributed by atoms with van der Waals surface area (Å²) in [6, 6.07) is 8.41. The first-order valence-corrected chi connectivity index (χ1v) is 9.99. The molecule has 0 atom stereocenters. The molecule has 1 aromatic rings. The van der Waals surface area contributed by atoms with Gasteiger partial charge in [0.05, 0.1) is 12.7 Å². The van der Waals surface area contributed by atoms with E-state index in [9.17, 15) is 0 Å². The number of nitrogens with zero attached hydrogens (tertiary/aromatic N) is 2. The monoisotopic (exact) mass is 377 g/mol. The highest BCUT2D eigenvalue weighted by Crippen LogP contribution is 2.15. The lowest BCUT2D eigenvalue weighted by atomic mass is 10.1. The zero-order valence-corrected chi connectivity index (χ0v) is 17.1. The summed E-state index contributed by atoms with van der Waals surface area (Å²) in [5.41, 5.74) is 2.48. The van der Waals surface area contributed by atoms with E-state index in [1.165, 1.54) is 11.1 Å². The summed E-state index contributed by atoms with van der Waals surface area (Å²) in [5, 5.41) is 3.51. The molecule has 0 saturated carbocycles. The van der Waals surface area contributed by atoms with E-state index in [1.807, 2.05) is 14.0 Å². The third-order valence-electron chi connectivity index (χ3n) is 4.82. The Morgan fingerprint density at radius 2 is 1.93 bits per heavy atom. The molecule has 1 saturated heterocycles. The summed E-state index contributed by atoms with van der Waals surface area (Å²) >= 11 is 0. The zero-order valence-electron chi connectivity index (χ0n) is 17.1. The summed E-state index contributed by atoms with van der Waals surface area (Å²) in [6.45, 7) is 7.63. The van der Waals surface area contributed by atoms with Gasteiger partial charge in [0.1, 0.15) is 0 Å². The lowest BCUT2D eigenvalue weighted by Crippen LogP contribution is -2.46. The fourth-order valence-corrected chi connectivity index (χ4v) is 3.28. The van der Waals surface area contributed by atoms with E-state index >= 15 is 0 Å². The van der Waals surface area contributed by atoms with Crippen molar-refractivity contribution in [1.29, 1.82) is 0 Å². The lowest BCUT2D eigenvalue weighted by molar-refractivity contribution is 0.00989. The number of benzene rings is 1. The molecule has 6 heteroatoms. The van der Waals surface area contributed by atoms with Crippen molar-refractivity contribution in [2.45, 2.75) is 45.4 Å². The molecular weight excluding hydrogens is 342 g/mol. The van der Waals surface area contributed by atoms with Gasteiger partial charge in [-0.05, 0) is 37.3 Å². The van der Waals surface area contributed by atoms with Gasteiger partial charge in [-0.15, -0.1) is 0 Å². The number of methoxy groups -OCH3 is 1. The quantitative estimate of drug-likeness (QED) is 0.386. The van der Waals surface area contributed by atoms with Gasteiger partial charge in [-0.3, -0.25) is 4.99 Å². The summed E-state index contributed by atoms with van der Waals surface area (Å²) in [4.78, 5) is 6.79. The van der Waals surface area contributed by atoms with E-state index in [0.29, 0.717) is 12.7 Å². The number of piperidine rings is 1. The van der Waals surface area contributed by atoms with Crippen LogP contribution in [0.2, 0.25) is 0 Å². The molecule has 0 aromatic heterocycles. The molecule has 1 N–H and O–H groups in total. The number of guanidine groups is 1. The topological polar surface area (TPSA) is 55.3 Å². The molecule has 0 unspecified atom stereocenters. The van der Waals surface area contributed by atoms with E-state index in [0.717, 1.165) is 64.7 Å². The van der Waals surface area contributed by atoms with Crippen LogP contribution in [0.15, 0.2) is 29.3 Å². The second kappa shape index (κ2) is 12.7. The van der Waals surface area contributed by atoms with Crippen molar-refractivity contribution in [3.05, 3.63) is 35.4 Å². The molecule has 1 aliphatic rings. The van der Waals surface area contributed by atoms with Crippen LogP contribution >= 0.6 is 0 Å². The highest BCUT2D eigenvalue weighted by Gasteiger charge is 2.21. The largest absolute Gasteiger partial charge is 0.385 e. The molecule has 0 bridgehead atoms. The number of aliphatic imine (C=N–C) groups is 1. The number of hydrogen-bond donors (Lipinski definition) is 1. The van der Waals surface area contributed by atoms with Gasteiger partial charge in [-0.25, -0.2) is 0 Å². The SMILES string of the molecule is CCOCc1ccccc1CNC(=NC)N1CCC(OCCCOC)CC1. The van der Waals surface area contributed by atoms with Crippen molar-refractivity contribution in [3.8, 4) is 0 Å². The van der Waals surface area contributed by atoms with Gasteiger partial charge in [-0.2, -0.15) is 0 Å². The predicted molar refractivity (Wildman–Crippen MR) is 109 cm³/mol. The first-order valence-electron chi connectivity index (χ1n) is 9.99. The smallest absolute Gasteiger partial charge is 0.193 e. The Labute approximate surface area is 163 Å². The molecule has 1 aliphatic heterocycles. The number of ether oxygens (including phenoxy) is 3. The molecule has 152 valence electrons. The van der Waals surface area contributed by atoms with Crippen molar-refractivity contribution in [2.24, 2.45) is 4.99 Å². The maximum Gasteiger partial charge on any atom is 0.193 e. The van der Waals surface area contributed by atoms with Crippen molar-refractivity contribution in [3.63, 3.8) is 0 Å². The highest BCUT2D eigenvalue weighted by atomic mass is 16.5. The van der Waals surface area contributed by atoms with Gasteiger partial charge in [0.25, 0.3) is 0 Å². The molecule has 1 heterocycles. The van der Waals surface area contributed by atoms with Crippen LogP contribution in [0.4, 0.5) is 0 Å². The number of likely N-dealkylation sites (tertiary alicyclic amines) is 1. The van der Waals surface area contributed by atoms with Crippen molar-refractivity contribution >= 4 is 5.96 Å². The van der Waals surface area contributed by atoms with Gasteiger partial charge in [0.2, 0.25) is 0 Å². The maximum absolute atomic E-state index is 5.95. The lowest BCUT2D eigenvalue weighted by Gasteiger charge is -2.34. The standard InChI is InChI=1S/C21H35N3O3/c1-4-26-17-19-9-6-5-8-18(19)16-23-21(22-2)24-12-10-20(11-13-24)27-15-7-14-25-3/h5-6,8-9,20H,4,7,10-17H2,1-3H3,(H,22,23). The van der Waals surface area contributed by atoms with Crippen molar-refractivity contribution in [2.75, 3.05) is 47.1 Å².